The van der Waals surface area contributed by atoms with Gasteiger partial charge >= 0.3 is 0 Å². The number of fused-ring (bicyclic) bond motifs is 3. The van der Waals surface area contributed by atoms with Gasteiger partial charge in [0.2, 0.25) is 5.91 Å². The van der Waals surface area contributed by atoms with Crippen molar-refractivity contribution in [2.75, 3.05) is 11.1 Å². The number of hydrogen-bond acceptors (Lipinski definition) is 4. The van der Waals surface area contributed by atoms with Crippen molar-refractivity contribution in [3.8, 4) is 0 Å². The lowest BCUT2D eigenvalue weighted by Gasteiger charge is -2.10. The Bertz CT molecular complexity index is 793. The lowest BCUT2D eigenvalue weighted by Crippen LogP contribution is -2.13. The summed E-state index contributed by atoms with van der Waals surface area (Å²) in [6, 6.07) is 5.70. The van der Waals surface area contributed by atoms with E-state index in [1.165, 1.54) is 0 Å². The van der Waals surface area contributed by atoms with Crippen LogP contribution in [0.5, 0.6) is 0 Å². The zero-order valence-corrected chi connectivity index (χ0v) is 11.1. The second-order valence-electron chi connectivity index (χ2n) is 4.63. The van der Waals surface area contributed by atoms with Crippen LogP contribution in [-0.2, 0) is 4.79 Å². The summed E-state index contributed by atoms with van der Waals surface area (Å²) < 4.78 is 0. The minimum atomic E-state index is -0.0663. The quantitative estimate of drug-likeness (QED) is 0.680. The van der Waals surface area contributed by atoms with Gasteiger partial charge in [0.15, 0.2) is 5.95 Å². The number of H-pyrrole nitrogens is 1. The van der Waals surface area contributed by atoms with Crippen LogP contribution in [0.2, 0.25) is 0 Å². The maximum Gasteiger partial charge on any atom is 0.225 e. The van der Waals surface area contributed by atoms with Crippen molar-refractivity contribution in [3.63, 3.8) is 0 Å². The summed E-state index contributed by atoms with van der Waals surface area (Å²) in [7, 11) is 0. The lowest BCUT2D eigenvalue weighted by molar-refractivity contribution is -0.116. The molecule has 0 aliphatic carbocycles. The van der Waals surface area contributed by atoms with Gasteiger partial charge < -0.3 is 16.0 Å². The fraction of sp³-hybridized carbons (Fsp3) is 0.214. The van der Waals surface area contributed by atoms with E-state index in [0.717, 1.165) is 28.2 Å². The number of aromatic amines is 1. The summed E-state index contributed by atoms with van der Waals surface area (Å²) in [6.07, 6.45) is 2.97. The van der Waals surface area contributed by atoms with Gasteiger partial charge in [-0.2, -0.15) is 4.98 Å². The van der Waals surface area contributed by atoms with Crippen molar-refractivity contribution in [1.29, 1.82) is 0 Å². The predicted molar refractivity (Wildman–Crippen MR) is 79.3 cm³/mol. The normalized spacial score (nSPS) is 11.1. The molecule has 0 aliphatic rings. The van der Waals surface area contributed by atoms with E-state index in [1.807, 2.05) is 25.1 Å². The van der Waals surface area contributed by atoms with Crippen LogP contribution >= 0.6 is 0 Å². The van der Waals surface area contributed by atoms with E-state index in [9.17, 15) is 4.79 Å². The first-order valence-corrected chi connectivity index (χ1v) is 6.52. The van der Waals surface area contributed by atoms with Gasteiger partial charge in [-0.15, -0.1) is 0 Å². The highest BCUT2D eigenvalue weighted by Gasteiger charge is 2.12. The molecule has 4 N–H and O–H groups in total. The van der Waals surface area contributed by atoms with E-state index < -0.39 is 0 Å². The average molecular weight is 269 g/mol. The van der Waals surface area contributed by atoms with E-state index in [-0.39, 0.29) is 11.9 Å². The van der Waals surface area contributed by atoms with Crippen LogP contribution in [0.4, 0.5) is 11.8 Å². The molecule has 0 bridgehead atoms. The minimum absolute atomic E-state index is 0.0663. The number of nitrogen functional groups attached to an aromatic ring is 1. The first-order valence-electron chi connectivity index (χ1n) is 6.52. The highest BCUT2D eigenvalue weighted by molar-refractivity contribution is 6.13. The predicted octanol–water partition coefficient (Wildman–Crippen LogP) is 2.43. The molecule has 3 aromatic rings. The molecule has 0 atom stereocenters. The third kappa shape index (κ3) is 2.05. The molecule has 1 aromatic carbocycles. The molecule has 0 unspecified atom stereocenters. The molecule has 3 rings (SSSR count). The number of aromatic nitrogens is 3. The molecule has 1 amide bonds. The monoisotopic (exact) mass is 269 g/mol. The summed E-state index contributed by atoms with van der Waals surface area (Å²) in [5.41, 5.74) is 7.45. The number of rotatable bonds is 3. The van der Waals surface area contributed by atoms with Crippen molar-refractivity contribution in [3.05, 3.63) is 24.4 Å². The number of benzene rings is 1. The number of anilines is 2. The number of nitrogens with two attached hydrogens (primary N) is 1. The smallest absolute Gasteiger partial charge is 0.225 e. The van der Waals surface area contributed by atoms with Gasteiger partial charge in [-0.3, -0.25) is 9.78 Å². The topological polar surface area (TPSA) is 96.7 Å². The Morgan fingerprint density at radius 2 is 2.25 bits per heavy atom. The summed E-state index contributed by atoms with van der Waals surface area (Å²) in [6.45, 7) is 1.96. The molecule has 0 aliphatic heterocycles. The van der Waals surface area contributed by atoms with Crippen LogP contribution in [0.25, 0.3) is 21.8 Å². The van der Waals surface area contributed by atoms with Crippen molar-refractivity contribution in [1.82, 2.24) is 15.0 Å². The van der Waals surface area contributed by atoms with E-state index in [1.54, 1.807) is 6.20 Å². The molecule has 0 saturated heterocycles. The highest BCUT2D eigenvalue weighted by Crippen LogP contribution is 2.29. The standard InChI is InChI=1S/C14H15N5O/c1-2-3-11(20)18-13-12-8-6-7-16-9(8)4-5-10(12)17-14(15)19-13/h4-7H,2-3H2,1H3,(H,18,20)(H3,15,17,19). The van der Waals surface area contributed by atoms with Gasteiger partial charge in [-0.05, 0) is 24.6 Å². The molecule has 6 heteroatoms. The van der Waals surface area contributed by atoms with Crippen LogP contribution in [-0.4, -0.2) is 20.9 Å². The molecule has 102 valence electrons. The zero-order valence-electron chi connectivity index (χ0n) is 11.1. The molecule has 2 heterocycles. The summed E-state index contributed by atoms with van der Waals surface area (Å²) >= 11 is 0. The third-order valence-corrected chi connectivity index (χ3v) is 3.14. The number of carbonyl (C=O) groups excluding carboxylic acids is 1. The Labute approximate surface area is 115 Å². The molecule has 6 nitrogen and oxygen atoms in total. The van der Waals surface area contributed by atoms with Gasteiger partial charge in [0.05, 0.1) is 16.4 Å². The fourth-order valence-corrected chi connectivity index (χ4v) is 2.30. The molecule has 0 saturated carbocycles. The second kappa shape index (κ2) is 4.80. The fourth-order valence-electron chi connectivity index (χ4n) is 2.30. The molecular weight excluding hydrogens is 254 g/mol. The SMILES string of the molecule is CCCC(=O)Nc1nc(N)[nH]c2ccc3nccc3c12. The molecule has 0 fully saturated rings. The van der Waals surface area contributed by atoms with Gasteiger partial charge in [0.1, 0.15) is 5.82 Å². The molecule has 2 aromatic heterocycles. The molecular formula is C14H15N5O. The van der Waals surface area contributed by atoms with Crippen LogP contribution in [0, 0.1) is 0 Å². The Morgan fingerprint density at radius 1 is 1.40 bits per heavy atom. The molecule has 0 spiro atoms. The molecule has 20 heavy (non-hydrogen) atoms. The minimum Gasteiger partial charge on any atom is -0.369 e. The Hall–Kier alpha value is -2.63. The van der Waals surface area contributed by atoms with Crippen molar-refractivity contribution < 1.29 is 4.79 Å². The largest absolute Gasteiger partial charge is 0.369 e. The first kappa shape index (κ1) is 12.4. The van der Waals surface area contributed by atoms with Gasteiger partial charge in [-0.1, -0.05) is 6.92 Å². The maximum absolute atomic E-state index is 11.8. The summed E-state index contributed by atoms with van der Waals surface area (Å²) in [4.78, 5) is 23.3. The number of nitrogens with one attached hydrogen (secondary N) is 2. The third-order valence-electron chi connectivity index (χ3n) is 3.14. The van der Waals surface area contributed by atoms with Crippen LogP contribution in [0.15, 0.2) is 24.4 Å². The van der Waals surface area contributed by atoms with Crippen molar-refractivity contribution in [2.45, 2.75) is 19.8 Å². The van der Waals surface area contributed by atoms with Crippen LogP contribution in [0.1, 0.15) is 19.8 Å². The number of hydrogen-bond donors (Lipinski definition) is 3. The Morgan fingerprint density at radius 3 is 3.05 bits per heavy atom. The van der Waals surface area contributed by atoms with E-state index in [4.69, 9.17) is 5.73 Å². The number of nitrogens with zero attached hydrogens (tertiary/aromatic N) is 2. The summed E-state index contributed by atoms with van der Waals surface area (Å²) in [5.74, 6) is 0.680. The van der Waals surface area contributed by atoms with E-state index >= 15 is 0 Å². The van der Waals surface area contributed by atoms with E-state index in [2.05, 4.69) is 20.3 Å². The van der Waals surface area contributed by atoms with Gasteiger partial charge in [0.25, 0.3) is 0 Å². The summed E-state index contributed by atoms with van der Waals surface area (Å²) in [5, 5.41) is 4.61. The molecule has 0 radical (unpaired) electrons. The van der Waals surface area contributed by atoms with Gasteiger partial charge in [0, 0.05) is 18.0 Å². The van der Waals surface area contributed by atoms with Gasteiger partial charge in [-0.25, -0.2) is 0 Å². The average Bonchev–Trinajstić information content (AvgIpc) is 2.86. The van der Waals surface area contributed by atoms with Crippen LogP contribution in [0.3, 0.4) is 0 Å². The first-order chi connectivity index (χ1) is 9.69. The lowest BCUT2D eigenvalue weighted by atomic mass is 10.1. The number of amides is 1. The van der Waals surface area contributed by atoms with E-state index in [0.29, 0.717) is 12.2 Å². The van der Waals surface area contributed by atoms with Crippen molar-refractivity contribution >= 4 is 39.5 Å². The number of carbonyl (C=O) groups is 1. The van der Waals surface area contributed by atoms with Crippen LogP contribution < -0.4 is 11.1 Å². The maximum atomic E-state index is 11.8. The zero-order chi connectivity index (χ0) is 14.1. The van der Waals surface area contributed by atoms with Crippen molar-refractivity contribution in [2.24, 2.45) is 0 Å². The Balaban J connectivity index is 2.22. The Kier molecular flexibility index (Phi) is 2.98. The second-order valence-corrected chi connectivity index (χ2v) is 4.63. The highest BCUT2D eigenvalue weighted by atomic mass is 16.1.